The zero-order valence-corrected chi connectivity index (χ0v) is 11.6. The third kappa shape index (κ3) is 3.94. The van der Waals surface area contributed by atoms with E-state index in [2.05, 4.69) is 10.6 Å². The van der Waals surface area contributed by atoms with Crippen molar-refractivity contribution in [2.75, 3.05) is 23.4 Å². The van der Waals surface area contributed by atoms with Gasteiger partial charge >= 0.3 is 0 Å². The fourth-order valence-electron chi connectivity index (χ4n) is 2.05. The van der Waals surface area contributed by atoms with E-state index in [-0.39, 0.29) is 24.5 Å². The minimum absolute atomic E-state index is 0.00290. The van der Waals surface area contributed by atoms with Gasteiger partial charge in [-0.2, -0.15) is 0 Å². The van der Waals surface area contributed by atoms with Crippen LogP contribution in [-0.4, -0.2) is 38.4 Å². The minimum Gasteiger partial charge on any atom is -0.323 e. The van der Waals surface area contributed by atoms with Crippen molar-refractivity contribution < 1.29 is 26.4 Å². The first-order valence-electron chi connectivity index (χ1n) is 6.15. The molecule has 9 heteroatoms. The molecule has 0 spiro atoms. The number of halogens is 3. The van der Waals surface area contributed by atoms with Crippen LogP contribution in [0.15, 0.2) is 12.1 Å². The Morgan fingerprint density at radius 1 is 1.29 bits per heavy atom. The first-order valence-corrected chi connectivity index (χ1v) is 7.98. The van der Waals surface area contributed by atoms with E-state index >= 15 is 0 Å². The lowest BCUT2D eigenvalue weighted by molar-refractivity contribution is -0.116. The third-order valence-corrected chi connectivity index (χ3v) is 4.78. The van der Waals surface area contributed by atoms with Gasteiger partial charge in [-0.1, -0.05) is 0 Å². The highest BCUT2D eigenvalue weighted by Crippen LogP contribution is 2.20. The summed E-state index contributed by atoms with van der Waals surface area (Å²) in [6.45, 7) is 0.236. The number of benzene rings is 1. The molecule has 0 aromatic heterocycles. The van der Waals surface area contributed by atoms with Gasteiger partial charge in [-0.05, 0) is 12.1 Å². The molecule has 1 aliphatic rings. The van der Waals surface area contributed by atoms with E-state index in [0.29, 0.717) is 6.07 Å². The highest BCUT2D eigenvalue weighted by Gasteiger charge is 2.26. The van der Waals surface area contributed by atoms with Crippen LogP contribution in [0.5, 0.6) is 0 Å². The van der Waals surface area contributed by atoms with E-state index < -0.39 is 44.9 Å². The fraction of sp³-hybridized carbons (Fsp3) is 0.417. The summed E-state index contributed by atoms with van der Waals surface area (Å²) in [4.78, 5) is 11.7. The average Bonchev–Trinajstić information content (AvgIpc) is 2.38. The van der Waals surface area contributed by atoms with E-state index in [9.17, 15) is 26.4 Å². The molecule has 1 fully saturated rings. The lowest BCUT2D eigenvalue weighted by atomic mass is 10.2. The monoisotopic (exact) mass is 322 g/mol. The van der Waals surface area contributed by atoms with Crippen molar-refractivity contribution in [3.63, 3.8) is 0 Å². The number of carbonyl (C=O) groups is 1. The number of hydrogen-bond acceptors (Lipinski definition) is 4. The summed E-state index contributed by atoms with van der Waals surface area (Å²) in [6, 6.07) is 1.01. The minimum atomic E-state index is -3.20. The molecule has 0 bridgehead atoms. The van der Waals surface area contributed by atoms with Gasteiger partial charge in [0.2, 0.25) is 5.91 Å². The molecule has 1 aromatic rings. The van der Waals surface area contributed by atoms with Gasteiger partial charge in [0, 0.05) is 19.0 Å². The van der Waals surface area contributed by atoms with Crippen molar-refractivity contribution in [2.45, 2.75) is 12.5 Å². The summed E-state index contributed by atoms with van der Waals surface area (Å²) in [5, 5.41) is 4.96. The van der Waals surface area contributed by atoms with E-state index in [1.807, 2.05) is 0 Å². The molecule has 1 amide bonds. The smallest absolute Gasteiger partial charge is 0.226 e. The summed E-state index contributed by atoms with van der Waals surface area (Å²) in [7, 11) is -3.20. The SMILES string of the molecule is O=C(CC1CS(=O)(=O)CCN1)Nc1ccc(F)c(F)c1F. The predicted molar refractivity (Wildman–Crippen MR) is 70.0 cm³/mol. The highest BCUT2D eigenvalue weighted by molar-refractivity contribution is 7.91. The van der Waals surface area contributed by atoms with E-state index in [1.54, 1.807) is 0 Å². The van der Waals surface area contributed by atoms with Crippen LogP contribution in [0.3, 0.4) is 0 Å². The Balaban J connectivity index is 2.01. The second kappa shape index (κ2) is 6.02. The number of carbonyl (C=O) groups excluding carboxylic acids is 1. The van der Waals surface area contributed by atoms with E-state index in [0.717, 1.165) is 6.07 Å². The number of rotatable bonds is 3. The van der Waals surface area contributed by atoms with Crippen molar-refractivity contribution in [3.05, 3.63) is 29.6 Å². The van der Waals surface area contributed by atoms with Gasteiger partial charge in [0.25, 0.3) is 0 Å². The second-order valence-electron chi connectivity index (χ2n) is 4.74. The molecule has 21 heavy (non-hydrogen) atoms. The Hall–Kier alpha value is -1.61. The van der Waals surface area contributed by atoms with Crippen molar-refractivity contribution in [1.29, 1.82) is 0 Å². The standard InChI is InChI=1S/C12H13F3N2O3S/c13-8-1-2-9(12(15)11(8)14)17-10(18)5-7-6-21(19,20)4-3-16-7/h1-2,7,16H,3-6H2,(H,17,18). The fourth-order valence-corrected chi connectivity index (χ4v) is 3.49. The first-order chi connectivity index (χ1) is 9.78. The van der Waals surface area contributed by atoms with Gasteiger partial charge in [-0.25, -0.2) is 21.6 Å². The topological polar surface area (TPSA) is 75.3 Å². The Morgan fingerprint density at radius 3 is 2.67 bits per heavy atom. The maximum Gasteiger partial charge on any atom is 0.226 e. The third-order valence-electron chi connectivity index (χ3n) is 3.04. The maximum absolute atomic E-state index is 13.4. The molecule has 1 heterocycles. The molecule has 0 saturated carbocycles. The molecule has 116 valence electrons. The van der Waals surface area contributed by atoms with Crippen molar-refractivity contribution >= 4 is 21.4 Å². The normalized spacial score (nSPS) is 21.0. The molecule has 0 radical (unpaired) electrons. The molecular weight excluding hydrogens is 309 g/mol. The molecule has 5 nitrogen and oxygen atoms in total. The van der Waals surface area contributed by atoms with Crippen LogP contribution in [0.1, 0.15) is 6.42 Å². The van der Waals surface area contributed by atoms with Crippen LogP contribution < -0.4 is 10.6 Å². The second-order valence-corrected chi connectivity index (χ2v) is 6.97. The Labute approximate surface area is 119 Å². The van der Waals surface area contributed by atoms with Crippen molar-refractivity contribution in [3.8, 4) is 0 Å². The summed E-state index contributed by atoms with van der Waals surface area (Å²) >= 11 is 0. The molecule has 2 N–H and O–H groups in total. The quantitative estimate of drug-likeness (QED) is 0.808. The summed E-state index contributed by atoms with van der Waals surface area (Å²) in [6.07, 6.45) is -0.211. The summed E-state index contributed by atoms with van der Waals surface area (Å²) in [5.74, 6) is -5.40. The van der Waals surface area contributed by atoms with Crippen LogP contribution >= 0.6 is 0 Å². The highest BCUT2D eigenvalue weighted by atomic mass is 32.2. The molecule has 2 rings (SSSR count). The van der Waals surface area contributed by atoms with Gasteiger partial charge in [0.15, 0.2) is 27.3 Å². The van der Waals surface area contributed by atoms with Crippen LogP contribution in [0.25, 0.3) is 0 Å². The van der Waals surface area contributed by atoms with Crippen molar-refractivity contribution in [1.82, 2.24) is 5.32 Å². The zero-order valence-electron chi connectivity index (χ0n) is 10.8. The maximum atomic E-state index is 13.4. The van der Waals surface area contributed by atoms with Crippen LogP contribution in [0.2, 0.25) is 0 Å². The van der Waals surface area contributed by atoms with Crippen LogP contribution in [0.4, 0.5) is 18.9 Å². The molecule has 1 saturated heterocycles. The Morgan fingerprint density at radius 2 is 2.00 bits per heavy atom. The predicted octanol–water partition coefficient (Wildman–Crippen LogP) is 0.819. The summed E-state index contributed by atoms with van der Waals surface area (Å²) < 4.78 is 62.0. The Kier molecular flexibility index (Phi) is 4.52. The van der Waals surface area contributed by atoms with Crippen molar-refractivity contribution in [2.24, 2.45) is 0 Å². The number of anilines is 1. The first kappa shape index (κ1) is 15.8. The van der Waals surface area contributed by atoms with Gasteiger partial charge in [0.05, 0.1) is 17.2 Å². The molecule has 1 aliphatic heterocycles. The van der Waals surface area contributed by atoms with Gasteiger partial charge in [-0.15, -0.1) is 0 Å². The molecular formula is C12H13F3N2O3S. The number of nitrogens with one attached hydrogen (secondary N) is 2. The molecule has 1 unspecified atom stereocenters. The summed E-state index contributed by atoms with van der Waals surface area (Å²) in [5.41, 5.74) is -0.488. The molecule has 1 aromatic carbocycles. The average molecular weight is 322 g/mol. The zero-order chi connectivity index (χ0) is 15.6. The van der Waals surface area contributed by atoms with Gasteiger partial charge in [0.1, 0.15) is 0 Å². The van der Waals surface area contributed by atoms with Crippen LogP contribution in [0, 0.1) is 17.5 Å². The number of sulfone groups is 1. The van der Waals surface area contributed by atoms with E-state index in [1.165, 1.54) is 0 Å². The van der Waals surface area contributed by atoms with Gasteiger partial charge in [-0.3, -0.25) is 4.79 Å². The van der Waals surface area contributed by atoms with Crippen LogP contribution in [-0.2, 0) is 14.6 Å². The largest absolute Gasteiger partial charge is 0.323 e. The number of amides is 1. The lowest BCUT2D eigenvalue weighted by Crippen LogP contribution is -2.46. The van der Waals surface area contributed by atoms with Gasteiger partial charge < -0.3 is 10.6 Å². The molecule has 0 aliphatic carbocycles. The van der Waals surface area contributed by atoms with E-state index in [4.69, 9.17) is 0 Å². The Bertz CT molecular complexity index is 664. The number of hydrogen-bond donors (Lipinski definition) is 2. The molecule has 1 atom stereocenters. The lowest BCUT2D eigenvalue weighted by Gasteiger charge is -2.23.